The first-order valence-electron chi connectivity index (χ1n) is 4.57. The number of aliphatic carboxylic acids is 1. The number of benzene rings is 1. The van der Waals surface area contributed by atoms with Crippen LogP contribution in [0.2, 0.25) is 5.02 Å². The first-order chi connectivity index (χ1) is 7.86. The Bertz CT molecular complexity index is 517. The summed E-state index contributed by atoms with van der Waals surface area (Å²) in [5.41, 5.74) is 5.16. The van der Waals surface area contributed by atoms with E-state index >= 15 is 0 Å². The Morgan fingerprint density at radius 2 is 2.18 bits per heavy atom. The van der Waals surface area contributed by atoms with Crippen LogP contribution in [-0.4, -0.2) is 32.1 Å². The monoisotopic (exact) mass is 278 g/mol. The van der Waals surface area contributed by atoms with Crippen molar-refractivity contribution in [2.75, 3.05) is 6.54 Å². The van der Waals surface area contributed by atoms with Crippen LogP contribution in [0, 0.1) is 0 Å². The second-order valence-corrected chi connectivity index (χ2v) is 5.36. The smallest absolute Gasteiger partial charge is 0.323 e. The molecule has 1 rings (SSSR count). The van der Waals surface area contributed by atoms with E-state index in [2.05, 4.69) is 0 Å². The first-order valence-corrected chi connectivity index (χ1v) is 6.43. The maximum Gasteiger partial charge on any atom is 0.323 e. The zero-order valence-electron chi connectivity index (χ0n) is 8.63. The van der Waals surface area contributed by atoms with Crippen LogP contribution in [0.25, 0.3) is 0 Å². The molecule has 0 amide bonds. The molecule has 6 nitrogen and oxygen atoms in total. The predicted molar refractivity (Wildman–Crippen MR) is 62.3 cm³/mol. The molecule has 0 radical (unpaired) electrons. The summed E-state index contributed by atoms with van der Waals surface area (Å²) in [6.45, 7) is -0.338. The number of carbonyl (C=O) groups is 1. The van der Waals surface area contributed by atoms with Gasteiger partial charge in [-0.2, -0.15) is 4.72 Å². The average molecular weight is 279 g/mol. The summed E-state index contributed by atoms with van der Waals surface area (Å²) in [6.07, 6.45) is 0. The molecule has 17 heavy (non-hydrogen) atoms. The predicted octanol–water partition coefficient (Wildman–Crippen LogP) is 0.0302. The van der Waals surface area contributed by atoms with Gasteiger partial charge in [-0.3, -0.25) is 4.79 Å². The SMILES string of the molecule is NCC(NS(=O)(=O)c1cccc(Cl)c1)C(=O)O. The summed E-state index contributed by atoms with van der Waals surface area (Å²) in [7, 11) is -3.93. The van der Waals surface area contributed by atoms with Gasteiger partial charge >= 0.3 is 5.97 Å². The minimum Gasteiger partial charge on any atom is -0.480 e. The standard InChI is InChI=1S/C9H11ClN2O4S/c10-6-2-1-3-7(4-6)17(15,16)12-8(5-11)9(13)14/h1-4,8,12H,5,11H2,(H,13,14). The second kappa shape index (κ2) is 5.46. The Labute approximate surface area is 103 Å². The number of carboxylic acids is 1. The van der Waals surface area contributed by atoms with Crippen molar-refractivity contribution in [2.24, 2.45) is 5.73 Å². The van der Waals surface area contributed by atoms with Crippen molar-refractivity contribution in [3.05, 3.63) is 29.3 Å². The lowest BCUT2D eigenvalue weighted by Crippen LogP contribution is -2.45. The number of nitrogens with one attached hydrogen (secondary N) is 1. The van der Waals surface area contributed by atoms with Gasteiger partial charge in [0.2, 0.25) is 10.0 Å². The van der Waals surface area contributed by atoms with E-state index < -0.39 is 22.0 Å². The van der Waals surface area contributed by atoms with Gasteiger partial charge in [-0.25, -0.2) is 8.42 Å². The molecule has 0 aliphatic heterocycles. The number of halogens is 1. The third kappa shape index (κ3) is 3.67. The van der Waals surface area contributed by atoms with E-state index in [4.69, 9.17) is 22.4 Å². The fraction of sp³-hybridized carbons (Fsp3) is 0.222. The van der Waals surface area contributed by atoms with Crippen LogP contribution in [-0.2, 0) is 14.8 Å². The first kappa shape index (κ1) is 13.9. The summed E-state index contributed by atoms with van der Waals surface area (Å²) in [4.78, 5) is 10.6. The quantitative estimate of drug-likeness (QED) is 0.704. The molecule has 0 saturated carbocycles. The molecule has 0 aliphatic rings. The molecule has 0 bridgehead atoms. The zero-order chi connectivity index (χ0) is 13.1. The van der Waals surface area contributed by atoms with E-state index in [0.717, 1.165) is 0 Å². The maximum atomic E-state index is 11.8. The summed E-state index contributed by atoms with van der Waals surface area (Å²) < 4.78 is 25.5. The number of sulfonamides is 1. The van der Waals surface area contributed by atoms with E-state index in [9.17, 15) is 13.2 Å². The maximum absolute atomic E-state index is 11.8. The van der Waals surface area contributed by atoms with Gasteiger partial charge in [-0.1, -0.05) is 17.7 Å². The van der Waals surface area contributed by atoms with Crippen LogP contribution >= 0.6 is 11.6 Å². The molecule has 0 heterocycles. The van der Waals surface area contributed by atoms with Gasteiger partial charge in [0, 0.05) is 11.6 Å². The number of hydrogen-bond donors (Lipinski definition) is 3. The summed E-state index contributed by atoms with van der Waals surface area (Å²) in [6, 6.07) is 4.13. The number of hydrogen-bond acceptors (Lipinski definition) is 4. The van der Waals surface area contributed by atoms with Crippen LogP contribution in [0.1, 0.15) is 0 Å². The summed E-state index contributed by atoms with van der Waals surface area (Å²) in [5, 5.41) is 8.95. The highest BCUT2D eigenvalue weighted by molar-refractivity contribution is 7.89. The Balaban J connectivity index is 3.00. The van der Waals surface area contributed by atoms with Crippen LogP contribution in [0.4, 0.5) is 0 Å². The van der Waals surface area contributed by atoms with Gasteiger partial charge in [-0.05, 0) is 18.2 Å². The second-order valence-electron chi connectivity index (χ2n) is 3.21. The molecule has 0 fully saturated rings. The highest BCUT2D eigenvalue weighted by atomic mass is 35.5. The Kier molecular flexibility index (Phi) is 4.47. The molecule has 0 saturated heterocycles. The largest absolute Gasteiger partial charge is 0.480 e. The van der Waals surface area contributed by atoms with Crippen LogP contribution < -0.4 is 10.5 Å². The van der Waals surface area contributed by atoms with Crippen molar-refractivity contribution in [1.82, 2.24) is 4.72 Å². The molecule has 1 aromatic carbocycles. The van der Waals surface area contributed by atoms with Crippen LogP contribution in [0.15, 0.2) is 29.2 Å². The molecular weight excluding hydrogens is 268 g/mol. The number of rotatable bonds is 5. The van der Waals surface area contributed by atoms with Crippen LogP contribution in [0.5, 0.6) is 0 Å². The molecule has 0 aromatic heterocycles. The molecule has 94 valence electrons. The average Bonchev–Trinajstić information content (AvgIpc) is 2.25. The Morgan fingerprint density at radius 3 is 2.65 bits per heavy atom. The highest BCUT2D eigenvalue weighted by Crippen LogP contribution is 2.15. The van der Waals surface area contributed by atoms with Gasteiger partial charge in [0.1, 0.15) is 6.04 Å². The lowest BCUT2D eigenvalue weighted by atomic mass is 10.3. The van der Waals surface area contributed by atoms with Gasteiger partial charge in [0.25, 0.3) is 0 Å². The van der Waals surface area contributed by atoms with Crippen molar-refractivity contribution in [3.8, 4) is 0 Å². The fourth-order valence-electron chi connectivity index (χ4n) is 1.09. The van der Waals surface area contributed by atoms with E-state index in [1.54, 1.807) is 0 Å². The molecule has 8 heteroatoms. The van der Waals surface area contributed by atoms with Gasteiger partial charge in [0.05, 0.1) is 4.90 Å². The van der Waals surface area contributed by atoms with Crippen molar-refractivity contribution < 1.29 is 18.3 Å². The summed E-state index contributed by atoms with van der Waals surface area (Å²) in [5.74, 6) is -1.34. The van der Waals surface area contributed by atoms with Crippen molar-refractivity contribution in [1.29, 1.82) is 0 Å². The minimum atomic E-state index is -3.93. The lowest BCUT2D eigenvalue weighted by Gasteiger charge is -2.12. The van der Waals surface area contributed by atoms with Crippen molar-refractivity contribution >= 4 is 27.6 Å². The molecule has 0 spiro atoms. The van der Waals surface area contributed by atoms with Gasteiger partial charge in [-0.15, -0.1) is 0 Å². The van der Waals surface area contributed by atoms with E-state index in [0.29, 0.717) is 0 Å². The normalized spacial score (nSPS) is 13.3. The molecule has 1 aromatic rings. The van der Waals surface area contributed by atoms with Crippen LogP contribution in [0.3, 0.4) is 0 Å². The molecule has 1 atom stereocenters. The van der Waals surface area contributed by atoms with E-state index in [-0.39, 0.29) is 16.5 Å². The molecule has 1 unspecified atom stereocenters. The minimum absolute atomic E-state index is 0.107. The number of nitrogens with two attached hydrogens (primary N) is 1. The van der Waals surface area contributed by atoms with Crippen molar-refractivity contribution in [3.63, 3.8) is 0 Å². The van der Waals surface area contributed by atoms with Gasteiger partial charge < -0.3 is 10.8 Å². The number of carboxylic acid groups (broad SMARTS) is 1. The summed E-state index contributed by atoms with van der Waals surface area (Å²) >= 11 is 5.65. The highest BCUT2D eigenvalue weighted by Gasteiger charge is 2.24. The van der Waals surface area contributed by atoms with Crippen molar-refractivity contribution in [2.45, 2.75) is 10.9 Å². The fourth-order valence-corrected chi connectivity index (χ4v) is 2.59. The van der Waals surface area contributed by atoms with Gasteiger partial charge in [0.15, 0.2) is 0 Å². The molecular formula is C9H11ClN2O4S. The third-order valence-electron chi connectivity index (χ3n) is 1.94. The third-order valence-corrected chi connectivity index (χ3v) is 3.64. The Morgan fingerprint density at radius 1 is 1.53 bits per heavy atom. The molecule has 0 aliphatic carbocycles. The van der Waals surface area contributed by atoms with E-state index in [1.165, 1.54) is 24.3 Å². The molecule has 4 N–H and O–H groups in total. The topological polar surface area (TPSA) is 109 Å². The van der Waals surface area contributed by atoms with E-state index in [1.807, 2.05) is 4.72 Å². The Hall–Kier alpha value is -1.15. The zero-order valence-corrected chi connectivity index (χ0v) is 10.2. The lowest BCUT2D eigenvalue weighted by molar-refractivity contribution is -0.138.